The van der Waals surface area contributed by atoms with Crippen LogP contribution in [-0.4, -0.2) is 43.2 Å². The molecule has 1 aromatic carbocycles. The van der Waals surface area contributed by atoms with E-state index in [2.05, 4.69) is 10.6 Å². The fourth-order valence-electron chi connectivity index (χ4n) is 2.73. The first kappa shape index (κ1) is 20.8. The summed E-state index contributed by atoms with van der Waals surface area (Å²) in [6.07, 6.45) is 1.23. The van der Waals surface area contributed by atoms with E-state index in [1.807, 2.05) is 13.8 Å². The highest BCUT2D eigenvalue weighted by Gasteiger charge is 2.47. The molecule has 1 saturated heterocycles. The van der Waals surface area contributed by atoms with Crippen molar-refractivity contribution in [2.24, 2.45) is 11.1 Å². The van der Waals surface area contributed by atoms with Gasteiger partial charge < -0.3 is 10.6 Å². The van der Waals surface area contributed by atoms with Crippen LogP contribution in [0.4, 0.5) is 10.5 Å². The Morgan fingerprint density at radius 2 is 2.00 bits per heavy atom. The number of benzene rings is 1. The Hall–Kier alpha value is -2.46. The van der Waals surface area contributed by atoms with Gasteiger partial charge in [0.05, 0.1) is 4.90 Å². The van der Waals surface area contributed by atoms with Gasteiger partial charge in [0.25, 0.3) is 5.91 Å². The highest BCUT2D eigenvalue weighted by atomic mass is 32.2. The van der Waals surface area contributed by atoms with Gasteiger partial charge in [-0.2, -0.15) is 0 Å². The SMILES string of the molecule is CC(C)CC[C@]1(C)NC(=O)N(CC(=O)Nc2cccc(S(N)(=O)=O)c2)C1=O. The number of nitrogens with two attached hydrogens (primary N) is 1. The van der Waals surface area contributed by atoms with Crippen LogP contribution in [0.25, 0.3) is 0 Å². The fraction of sp³-hybridized carbons (Fsp3) is 0.471. The van der Waals surface area contributed by atoms with Crippen LogP contribution in [0.1, 0.15) is 33.6 Å². The van der Waals surface area contributed by atoms with Crippen LogP contribution in [0.3, 0.4) is 0 Å². The van der Waals surface area contributed by atoms with E-state index < -0.39 is 40.0 Å². The number of hydrogen-bond acceptors (Lipinski definition) is 5. The maximum absolute atomic E-state index is 12.6. The average molecular weight is 396 g/mol. The van der Waals surface area contributed by atoms with Gasteiger partial charge in [-0.3, -0.25) is 14.5 Å². The van der Waals surface area contributed by atoms with Crippen molar-refractivity contribution in [2.75, 3.05) is 11.9 Å². The molecule has 1 atom stereocenters. The van der Waals surface area contributed by atoms with Gasteiger partial charge in [0.1, 0.15) is 12.1 Å². The molecule has 0 bridgehead atoms. The Morgan fingerprint density at radius 1 is 1.33 bits per heavy atom. The molecule has 1 heterocycles. The Morgan fingerprint density at radius 3 is 2.59 bits per heavy atom. The standard InChI is InChI=1S/C17H24N4O5S/c1-11(2)7-8-17(3)15(23)21(16(24)20-17)10-14(22)19-12-5-4-6-13(9-12)27(18,25)26/h4-6,9,11H,7-8,10H2,1-3H3,(H,19,22)(H,20,24)(H2,18,25,26)/t17-/m0/s1. The summed E-state index contributed by atoms with van der Waals surface area (Å²) in [5, 5.41) is 10.2. The lowest BCUT2D eigenvalue weighted by Crippen LogP contribution is -2.44. The third-order valence-corrected chi connectivity index (χ3v) is 5.23. The number of amides is 4. The van der Waals surface area contributed by atoms with Gasteiger partial charge in [0.2, 0.25) is 15.9 Å². The number of rotatable bonds is 7. The van der Waals surface area contributed by atoms with Gasteiger partial charge in [-0.25, -0.2) is 18.4 Å². The number of hydrogen-bond donors (Lipinski definition) is 3. The van der Waals surface area contributed by atoms with Crippen molar-refractivity contribution >= 4 is 33.6 Å². The maximum atomic E-state index is 12.6. The number of imide groups is 1. The summed E-state index contributed by atoms with van der Waals surface area (Å²) < 4.78 is 22.8. The molecule has 1 aliphatic rings. The van der Waals surface area contributed by atoms with Crippen LogP contribution in [0.2, 0.25) is 0 Å². The van der Waals surface area contributed by atoms with Gasteiger partial charge in [-0.05, 0) is 43.9 Å². The van der Waals surface area contributed by atoms with E-state index in [1.54, 1.807) is 6.92 Å². The molecule has 9 nitrogen and oxygen atoms in total. The van der Waals surface area contributed by atoms with E-state index in [4.69, 9.17) is 5.14 Å². The number of nitrogens with zero attached hydrogens (tertiary/aromatic N) is 1. The molecule has 148 valence electrons. The molecule has 0 radical (unpaired) electrons. The van der Waals surface area contributed by atoms with Crippen molar-refractivity contribution < 1.29 is 22.8 Å². The quantitative estimate of drug-likeness (QED) is 0.591. The molecule has 10 heteroatoms. The third-order valence-electron chi connectivity index (χ3n) is 4.31. The first-order chi connectivity index (χ1) is 12.4. The molecule has 0 unspecified atom stereocenters. The largest absolute Gasteiger partial charge is 0.325 e. The molecule has 1 aromatic rings. The fourth-order valence-corrected chi connectivity index (χ4v) is 3.29. The molecule has 4 amide bonds. The summed E-state index contributed by atoms with van der Waals surface area (Å²) in [5.41, 5.74) is -0.837. The number of primary sulfonamides is 1. The van der Waals surface area contributed by atoms with Crippen molar-refractivity contribution in [3.8, 4) is 0 Å². The van der Waals surface area contributed by atoms with Crippen molar-refractivity contribution in [3.05, 3.63) is 24.3 Å². The molecule has 1 aliphatic heterocycles. The monoisotopic (exact) mass is 396 g/mol. The zero-order valence-electron chi connectivity index (χ0n) is 15.5. The second-order valence-electron chi connectivity index (χ2n) is 7.21. The Labute approximate surface area is 158 Å². The summed E-state index contributed by atoms with van der Waals surface area (Å²) >= 11 is 0. The Balaban J connectivity index is 2.06. The third kappa shape index (κ3) is 5.04. The number of carbonyl (C=O) groups excluding carboxylic acids is 3. The van der Waals surface area contributed by atoms with E-state index in [0.29, 0.717) is 12.3 Å². The molecular weight excluding hydrogens is 372 g/mol. The van der Waals surface area contributed by atoms with Crippen LogP contribution < -0.4 is 15.8 Å². The van der Waals surface area contributed by atoms with Gasteiger partial charge in [-0.1, -0.05) is 19.9 Å². The van der Waals surface area contributed by atoms with E-state index >= 15 is 0 Å². The van der Waals surface area contributed by atoms with Crippen LogP contribution in [-0.2, 0) is 19.6 Å². The molecule has 0 aliphatic carbocycles. The Bertz CT molecular complexity index is 868. The summed E-state index contributed by atoms with van der Waals surface area (Å²) in [7, 11) is -3.91. The normalized spacial score (nSPS) is 20.1. The lowest BCUT2D eigenvalue weighted by atomic mass is 9.92. The lowest BCUT2D eigenvalue weighted by Gasteiger charge is -2.22. The lowest BCUT2D eigenvalue weighted by molar-refractivity contribution is -0.133. The topological polar surface area (TPSA) is 139 Å². The van der Waals surface area contributed by atoms with Crippen LogP contribution in [0.15, 0.2) is 29.2 Å². The average Bonchev–Trinajstić information content (AvgIpc) is 2.76. The second-order valence-corrected chi connectivity index (χ2v) is 8.77. The zero-order valence-corrected chi connectivity index (χ0v) is 16.3. The molecule has 0 spiro atoms. The smallest absolute Gasteiger partial charge is 0.324 e. The van der Waals surface area contributed by atoms with Gasteiger partial charge >= 0.3 is 6.03 Å². The predicted molar refractivity (Wildman–Crippen MR) is 99.2 cm³/mol. The number of sulfonamides is 1. The van der Waals surface area contributed by atoms with Crippen LogP contribution in [0, 0.1) is 5.92 Å². The first-order valence-corrected chi connectivity index (χ1v) is 10.0. The van der Waals surface area contributed by atoms with Gasteiger partial charge in [0.15, 0.2) is 0 Å². The molecular formula is C17H24N4O5S. The maximum Gasteiger partial charge on any atom is 0.325 e. The molecule has 0 saturated carbocycles. The van der Waals surface area contributed by atoms with Crippen LogP contribution in [0.5, 0.6) is 0 Å². The van der Waals surface area contributed by atoms with E-state index in [9.17, 15) is 22.8 Å². The van der Waals surface area contributed by atoms with Crippen LogP contribution >= 0.6 is 0 Å². The number of nitrogens with one attached hydrogen (secondary N) is 2. The van der Waals surface area contributed by atoms with E-state index in [-0.39, 0.29) is 10.6 Å². The minimum Gasteiger partial charge on any atom is -0.324 e. The number of anilines is 1. The van der Waals surface area contributed by atoms with Crippen molar-refractivity contribution in [2.45, 2.75) is 44.0 Å². The molecule has 27 heavy (non-hydrogen) atoms. The summed E-state index contributed by atoms with van der Waals surface area (Å²) in [4.78, 5) is 37.7. The first-order valence-electron chi connectivity index (χ1n) is 8.49. The minimum absolute atomic E-state index is 0.156. The highest BCUT2D eigenvalue weighted by Crippen LogP contribution is 2.24. The summed E-state index contributed by atoms with van der Waals surface area (Å²) in [6.45, 7) is 5.21. The molecule has 1 fully saturated rings. The number of carbonyl (C=O) groups is 3. The van der Waals surface area contributed by atoms with Crippen molar-refractivity contribution in [1.82, 2.24) is 10.2 Å². The molecule has 0 aromatic heterocycles. The summed E-state index contributed by atoms with van der Waals surface area (Å²) in [5.74, 6) is -0.713. The second kappa shape index (κ2) is 7.65. The van der Waals surface area contributed by atoms with E-state index in [1.165, 1.54) is 24.3 Å². The highest BCUT2D eigenvalue weighted by molar-refractivity contribution is 7.89. The molecule has 4 N–H and O–H groups in total. The zero-order chi connectivity index (χ0) is 20.4. The van der Waals surface area contributed by atoms with Crippen molar-refractivity contribution in [3.63, 3.8) is 0 Å². The number of urea groups is 1. The predicted octanol–water partition coefficient (Wildman–Crippen LogP) is 1.02. The molecule has 2 rings (SSSR count). The summed E-state index contributed by atoms with van der Waals surface area (Å²) in [6, 6.07) is 4.77. The Kier molecular flexibility index (Phi) is 5.91. The van der Waals surface area contributed by atoms with Gasteiger partial charge in [0, 0.05) is 5.69 Å². The minimum atomic E-state index is -3.91. The van der Waals surface area contributed by atoms with Gasteiger partial charge in [-0.15, -0.1) is 0 Å². The van der Waals surface area contributed by atoms with Crippen molar-refractivity contribution in [1.29, 1.82) is 0 Å². The van der Waals surface area contributed by atoms with E-state index in [0.717, 1.165) is 11.3 Å².